The molecule has 0 bridgehead atoms. The molecule has 3 rings (SSSR count). The lowest BCUT2D eigenvalue weighted by molar-refractivity contribution is 0.0269. The topological polar surface area (TPSA) is 75.7 Å². The van der Waals surface area contributed by atoms with Gasteiger partial charge in [0.05, 0.1) is 43.5 Å². The standard InChI is InChI=1S/C21H27ClN4O3/c1-21(2,14-26-8-10-29-11-9-26)25-20(27)17-6-4-15(22)12-18(17)24-16-5-7-19(28-3)23-13-16/h4-7,12-13,24H,8-11,14H2,1-3H3,(H,25,27). The van der Waals surface area contributed by atoms with Gasteiger partial charge in [0.2, 0.25) is 5.88 Å². The molecule has 2 heterocycles. The number of benzene rings is 1. The third kappa shape index (κ3) is 6.06. The molecule has 0 saturated carbocycles. The van der Waals surface area contributed by atoms with E-state index in [0.29, 0.717) is 22.2 Å². The highest BCUT2D eigenvalue weighted by atomic mass is 35.5. The predicted molar refractivity (Wildman–Crippen MR) is 114 cm³/mol. The molecule has 1 aliphatic rings. The molecule has 0 unspecified atom stereocenters. The summed E-state index contributed by atoms with van der Waals surface area (Å²) < 4.78 is 10.5. The summed E-state index contributed by atoms with van der Waals surface area (Å²) in [6.07, 6.45) is 1.64. The van der Waals surface area contributed by atoms with Crippen LogP contribution in [0.1, 0.15) is 24.2 Å². The Balaban J connectivity index is 1.73. The van der Waals surface area contributed by atoms with E-state index in [1.54, 1.807) is 37.6 Å². The monoisotopic (exact) mass is 418 g/mol. The lowest BCUT2D eigenvalue weighted by Crippen LogP contribution is -2.53. The van der Waals surface area contributed by atoms with E-state index < -0.39 is 5.54 Å². The van der Waals surface area contributed by atoms with Crippen LogP contribution in [0.5, 0.6) is 5.88 Å². The van der Waals surface area contributed by atoms with Gasteiger partial charge >= 0.3 is 0 Å². The molecular weight excluding hydrogens is 392 g/mol. The molecule has 0 atom stereocenters. The number of morpholine rings is 1. The summed E-state index contributed by atoms with van der Waals surface area (Å²) in [6, 6.07) is 8.75. The molecule has 2 N–H and O–H groups in total. The van der Waals surface area contributed by atoms with Crippen molar-refractivity contribution in [2.75, 3.05) is 45.3 Å². The van der Waals surface area contributed by atoms with E-state index in [-0.39, 0.29) is 5.91 Å². The summed E-state index contributed by atoms with van der Waals surface area (Å²) in [5.41, 5.74) is 1.46. The van der Waals surface area contributed by atoms with Crippen molar-refractivity contribution in [1.82, 2.24) is 15.2 Å². The van der Waals surface area contributed by atoms with Crippen molar-refractivity contribution < 1.29 is 14.3 Å². The summed E-state index contributed by atoms with van der Waals surface area (Å²) in [5, 5.41) is 6.91. The fourth-order valence-electron chi connectivity index (χ4n) is 3.28. The molecule has 7 nitrogen and oxygen atoms in total. The molecule has 8 heteroatoms. The van der Waals surface area contributed by atoms with Crippen LogP contribution in [-0.2, 0) is 4.74 Å². The molecule has 29 heavy (non-hydrogen) atoms. The first-order valence-electron chi connectivity index (χ1n) is 9.55. The number of rotatable bonds is 7. The third-order valence-corrected chi connectivity index (χ3v) is 4.86. The lowest BCUT2D eigenvalue weighted by atomic mass is 10.0. The summed E-state index contributed by atoms with van der Waals surface area (Å²) in [7, 11) is 1.56. The van der Waals surface area contributed by atoms with Crippen molar-refractivity contribution in [2.24, 2.45) is 0 Å². The van der Waals surface area contributed by atoms with Gasteiger partial charge in [-0.1, -0.05) is 11.6 Å². The minimum Gasteiger partial charge on any atom is -0.481 e. The van der Waals surface area contributed by atoms with Crippen LogP contribution in [0.4, 0.5) is 11.4 Å². The lowest BCUT2D eigenvalue weighted by Gasteiger charge is -2.35. The predicted octanol–water partition coefficient (Wildman–Crippen LogP) is 3.33. The fourth-order valence-corrected chi connectivity index (χ4v) is 3.45. The number of hydrogen-bond acceptors (Lipinski definition) is 6. The van der Waals surface area contributed by atoms with E-state index in [1.165, 1.54) is 0 Å². The Bertz CT molecular complexity index is 836. The second kappa shape index (κ2) is 9.43. The molecule has 2 aromatic rings. The van der Waals surface area contributed by atoms with E-state index in [1.807, 2.05) is 19.9 Å². The Morgan fingerprint density at radius 3 is 2.69 bits per heavy atom. The van der Waals surface area contributed by atoms with Gasteiger partial charge in [0, 0.05) is 36.3 Å². The zero-order valence-corrected chi connectivity index (χ0v) is 17.8. The van der Waals surface area contributed by atoms with Gasteiger partial charge in [-0.2, -0.15) is 0 Å². The molecule has 156 valence electrons. The van der Waals surface area contributed by atoms with Crippen LogP contribution in [0.25, 0.3) is 0 Å². The van der Waals surface area contributed by atoms with Gasteiger partial charge in [0.25, 0.3) is 5.91 Å². The van der Waals surface area contributed by atoms with Crippen LogP contribution < -0.4 is 15.4 Å². The quantitative estimate of drug-likeness (QED) is 0.718. The van der Waals surface area contributed by atoms with Crippen LogP contribution in [0.2, 0.25) is 5.02 Å². The highest BCUT2D eigenvalue weighted by molar-refractivity contribution is 6.31. The molecule has 0 aliphatic carbocycles. The number of amides is 1. The number of carbonyl (C=O) groups excluding carboxylic acids is 1. The first-order valence-corrected chi connectivity index (χ1v) is 9.93. The fraction of sp³-hybridized carbons (Fsp3) is 0.429. The highest BCUT2D eigenvalue weighted by Crippen LogP contribution is 2.26. The van der Waals surface area contributed by atoms with Gasteiger partial charge in [0.15, 0.2) is 0 Å². The number of carbonyl (C=O) groups is 1. The van der Waals surface area contributed by atoms with Crippen LogP contribution in [0.15, 0.2) is 36.5 Å². The number of aromatic nitrogens is 1. The van der Waals surface area contributed by atoms with E-state index in [4.69, 9.17) is 21.1 Å². The van der Waals surface area contributed by atoms with Crippen molar-refractivity contribution in [3.05, 3.63) is 47.1 Å². The Hall–Kier alpha value is -2.35. The van der Waals surface area contributed by atoms with Gasteiger partial charge in [-0.3, -0.25) is 9.69 Å². The molecular formula is C21H27ClN4O3. The Labute approximate surface area is 176 Å². The molecule has 1 saturated heterocycles. The maximum absolute atomic E-state index is 13.1. The van der Waals surface area contributed by atoms with Crippen LogP contribution in [-0.4, -0.2) is 61.3 Å². The first kappa shape index (κ1) is 21.4. The molecule has 0 radical (unpaired) electrons. The zero-order chi connectivity index (χ0) is 20.9. The minimum atomic E-state index is -0.396. The smallest absolute Gasteiger partial charge is 0.253 e. The van der Waals surface area contributed by atoms with Gasteiger partial charge in [0.1, 0.15) is 0 Å². The van der Waals surface area contributed by atoms with E-state index >= 15 is 0 Å². The van der Waals surface area contributed by atoms with Gasteiger partial charge in [-0.15, -0.1) is 0 Å². The Kier molecular flexibility index (Phi) is 6.95. The molecule has 0 spiro atoms. The van der Waals surface area contributed by atoms with Gasteiger partial charge in [-0.05, 0) is 38.1 Å². The molecule has 1 aromatic carbocycles. The Morgan fingerprint density at radius 1 is 1.28 bits per heavy atom. The number of nitrogens with zero attached hydrogens (tertiary/aromatic N) is 2. The number of methoxy groups -OCH3 is 1. The largest absolute Gasteiger partial charge is 0.481 e. The van der Waals surface area contributed by atoms with Crippen molar-refractivity contribution >= 4 is 28.9 Å². The number of hydrogen-bond donors (Lipinski definition) is 2. The molecule has 1 aliphatic heterocycles. The van der Waals surface area contributed by atoms with E-state index in [2.05, 4.69) is 20.5 Å². The number of ether oxygens (including phenoxy) is 2. The summed E-state index contributed by atoms with van der Waals surface area (Å²) in [4.78, 5) is 19.5. The first-order chi connectivity index (χ1) is 13.9. The SMILES string of the molecule is COc1ccc(Nc2cc(Cl)ccc2C(=O)NC(C)(C)CN2CCOCC2)cn1. The van der Waals surface area contributed by atoms with E-state index in [0.717, 1.165) is 38.5 Å². The molecule has 1 aromatic heterocycles. The van der Waals surface area contributed by atoms with Gasteiger partial charge < -0.3 is 20.1 Å². The second-order valence-electron chi connectivity index (χ2n) is 7.63. The highest BCUT2D eigenvalue weighted by Gasteiger charge is 2.26. The van der Waals surface area contributed by atoms with Crippen molar-refractivity contribution in [1.29, 1.82) is 0 Å². The number of nitrogens with one attached hydrogen (secondary N) is 2. The number of halogens is 1. The summed E-state index contributed by atoms with van der Waals surface area (Å²) >= 11 is 6.17. The number of anilines is 2. The van der Waals surface area contributed by atoms with Crippen LogP contribution in [0.3, 0.4) is 0 Å². The molecule has 1 amide bonds. The van der Waals surface area contributed by atoms with Gasteiger partial charge in [-0.25, -0.2) is 4.98 Å². The van der Waals surface area contributed by atoms with E-state index in [9.17, 15) is 4.79 Å². The van der Waals surface area contributed by atoms with Crippen LogP contribution >= 0.6 is 11.6 Å². The average Bonchev–Trinajstić information content (AvgIpc) is 2.68. The van der Waals surface area contributed by atoms with Crippen molar-refractivity contribution in [3.63, 3.8) is 0 Å². The average molecular weight is 419 g/mol. The minimum absolute atomic E-state index is 0.163. The second-order valence-corrected chi connectivity index (χ2v) is 8.07. The Morgan fingerprint density at radius 2 is 2.03 bits per heavy atom. The maximum Gasteiger partial charge on any atom is 0.253 e. The zero-order valence-electron chi connectivity index (χ0n) is 17.0. The van der Waals surface area contributed by atoms with Crippen LogP contribution in [0, 0.1) is 0 Å². The number of pyridine rings is 1. The maximum atomic E-state index is 13.1. The van der Waals surface area contributed by atoms with Crippen molar-refractivity contribution in [3.8, 4) is 5.88 Å². The summed E-state index contributed by atoms with van der Waals surface area (Å²) in [6.45, 7) is 8.00. The normalized spacial score (nSPS) is 15.0. The summed E-state index contributed by atoms with van der Waals surface area (Å²) in [5.74, 6) is 0.355. The van der Waals surface area contributed by atoms with Crippen molar-refractivity contribution in [2.45, 2.75) is 19.4 Å². The third-order valence-electron chi connectivity index (χ3n) is 4.63. The molecule has 1 fully saturated rings.